The summed E-state index contributed by atoms with van der Waals surface area (Å²) in [6.45, 7) is 1.26. The molecule has 4 rings (SSSR count). The van der Waals surface area contributed by atoms with E-state index in [0.717, 1.165) is 24.8 Å². The maximum atomic E-state index is 12.4. The van der Waals surface area contributed by atoms with Crippen LogP contribution in [-0.2, 0) is 16.0 Å². The molecule has 0 radical (unpaired) electrons. The first kappa shape index (κ1) is 15.9. The largest absolute Gasteiger partial charge is 0.481 e. The van der Waals surface area contributed by atoms with E-state index < -0.39 is 5.97 Å². The summed E-state index contributed by atoms with van der Waals surface area (Å²) in [6, 6.07) is 1.74. The molecule has 25 heavy (non-hydrogen) atoms. The molecular weight excluding hydrogens is 326 g/mol. The van der Waals surface area contributed by atoms with Gasteiger partial charge in [-0.25, -0.2) is 0 Å². The number of nitrogens with zero attached hydrogens (tertiary/aromatic N) is 3. The lowest BCUT2D eigenvalue weighted by Crippen LogP contribution is -2.40. The zero-order chi connectivity index (χ0) is 17.4. The average molecular weight is 345 g/mol. The third kappa shape index (κ3) is 3.04. The number of carbonyl (C=O) groups is 2. The molecule has 3 heterocycles. The van der Waals surface area contributed by atoms with E-state index >= 15 is 0 Å². The van der Waals surface area contributed by atoms with Gasteiger partial charge in [0.05, 0.1) is 17.7 Å². The van der Waals surface area contributed by atoms with Gasteiger partial charge in [0.25, 0.3) is 0 Å². The van der Waals surface area contributed by atoms with Gasteiger partial charge in [-0.3, -0.25) is 9.59 Å². The van der Waals surface area contributed by atoms with Gasteiger partial charge in [0, 0.05) is 25.9 Å². The molecule has 0 aromatic carbocycles. The molecule has 1 N–H and O–H groups in total. The highest BCUT2D eigenvalue weighted by atomic mass is 16.5. The average Bonchev–Trinajstić information content (AvgIpc) is 3.02. The first-order valence-electron chi connectivity index (χ1n) is 8.43. The molecule has 1 aliphatic carbocycles. The summed E-state index contributed by atoms with van der Waals surface area (Å²) in [4.78, 5) is 29.5. The Morgan fingerprint density at radius 1 is 1.36 bits per heavy atom. The van der Waals surface area contributed by atoms with Crippen molar-refractivity contribution in [2.75, 3.05) is 13.1 Å². The SMILES string of the molecule is O=C(O)C1CC12CCN(C(=O)CCc1nc(-c3ccoc3)no1)CC2. The Labute approximate surface area is 143 Å². The molecule has 0 bridgehead atoms. The Bertz CT molecular complexity index is 774. The minimum Gasteiger partial charge on any atom is -0.481 e. The van der Waals surface area contributed by atoms with Crippen LogP contribution in [-0.4, -0.2) is 45.1 Å². The lowest BCUT2D eigenvalue weighted by molar-refractivity contribution is -0.139. The summed E-state index contributed by atoms with van der Waals surface area (Å²) in [5.74, 6) is -0.00440. The smallest absolute Gasteiger partial charge is 0.307 e. The first-order chi connectivity index (χ1) is 12.1. The Kier molecular flexibility index (Phi) is 3.82. The second kappa shape index (κ2) is 6.02. The number of hydrogen-bond acceptors (Lipinski definition) is 6. The van der Waals surface area contributed by atoms with E-state index in [1.54, 1.807) is 6.07 Å². The van der Waals surface area contributed by atoms with Gasteiger partial charge >= 0.3 is 5.97 Å². The standard InChI is InChI=1S/C17H19N3O5/c21-14(20-6-4-17(5-7-20)9-12(17)16(22)23)2-1-13-18-15(19-25-13)11-3-8-24-10-11/h3,8,10,12H,1-2,4-7,9H2,(H,22,23). The molecule has 1 aliphatic heterocycles. The second-order valence-corrected chi connectivity index (χ2v) is 6.86. The number of carboxylic acid groups (broad SMARTS) is 1. The van der Waals surface area contributed by atoms with Crippen LogP contribution in [0.2, 0.25) is 0 Å². The molecule has 132 valence electrons. The van der Waals surface area contributed by atoms with E-state index in [9.17, 15) is 9.59 Å². The van der Waals surface area contributed by atoms with Crippen LogP contribution in [0.4, 0.5) is 0 Å². The van der Waals surface area contributed by atoms with Crippen LogP contribution in [0.3, 0.4) is 0 Å². The van der Waals surface area contributed by atoms with Gasteiger partial charge in [-0.05, 0) is 30.7 Å². The van der Waals surface area contributed by atoms with Crippen LogP contribution in [0.15, 0.2) is 27.5 Å². The lowest BCUT2D eigenvalue weighted by Gasteiger charge is -2.32. The molecule has 1 unspecified atom stereocenters. The van der Waals surface area contributed by atoms with Crippen molar-refractivity contribution >= 4 is 11.9 Å². The van der Waals surface area contributed by atoms with Crippen molar-refractivity contribution in [3.05, 3.63) is 24.5 Å². The number of carboxylic acids is 1. The van der Waals surface area contributed by atoms with Gasteiger partial charge < -0.3 is 18.9 Å². The molecule has 8 nitrogen and oxygen atoms in total. The van der Waals surface area contributed by atoms with Crippen molar-refractivity contribution in [1.82, 2.24) is 15.0 Å². The van der Waals surface area contributed by atoms with E-state index in [1.807, 2.05) is 4.90 Å². The molecule has 8 heteroatoms. The third-order valence-corrected chi connectivity index (χ3v) is 5.40. The number of likely N-dealkylation sites (tertiary alicyclic amines) is 1. The monoisotopic (exact) mass is 345 g/mol. The Morgan fingerprint density at radius 2 is 2.16 bits per heavy atom. The number of furan rings is 1. The summed E-state index contributed by atoms with van der Waals surface area (Å²) < 4.78 is 10.2. The molecule has 2 aliphatic rings. The molecule has 2 aromatic heterocycles. The number of rotatable bonds is 5. The second-order valence-electron chi connectivity index (χ2n) is 6.86. The zero-order valence-corrected chi connectivity index (χ0v) is 13.7. The fourth-order valence-electron chi connectivity index (χ4n) is 3.69. The van der Waals surface area contributed by atoms with E-state index in [-0.39, 0.29) is 17.2 Å². The predicted octanol–water partition coefficient (Wildman–Crippen LogP) is 1.98. The van der Waals surface area contributed by atoms with Gasteiger partial charge in [-0.1, -0.05) is 5.16 Å². The van der Waals surface area contributed by atoms with Crippen molar-refractivity contribution in [2.24, 2.45) is 11.3 Å². The third-order valence-electron chi connectivity index (χ3n) is 5.40. The highest BCUT2D eigenvalue weighted by molar-refractivity contribution is 5.77. The summed E-state index contributed by atoms with van der Waals surface area (Å²) in [5.41, 5.74) is 0.675. The predicted molar refractivity (Wildman–Crippen MR) is 84.3 cm³/mol. The highest BCUT2D eigenvalue weighted by Crippen LogP contribution is 2.59. The van der Waals surface area contributed by atoms with E-state index in [1.165, 1.54) is 12.5 Å². The normalized spacial score (nSPS) is 21.4. The number of piperidine rings is 1. The van der Waals surface area contributed by atoms with E-state index in [2.05, 4.69) is 10.1 Å². The van der Waals surface area contributed by atoms with E-state index in [4.69, 9.17) is 14.0 Å². The number of carbonyl (C=O) groups excluding carboxylic acids is 1. The van der Waals surface area contributed by atoms with Crippen molar-refractivity contribution in [1.29, 1.82) is 0 Å². The van der Waals surface area contributed by atoms with Crippen LogP contribution in [0.5, 0.6) is 0 Å². The molecule has 1 amide bonds. The summed E-state index contributed by atoms with van der Waals surface area (Å²) in [6.07, 6.45) is 6.08. The molecular formula is C17H19N3O5. The molecule has 1 saturated heterocycles. The Hall–Kier alpha value is -2.64. The minimum absolute atomic E-state index is 0.0467. The Balaban J connectivity index is 1.27. The number of aryl methyl sites for hydroxylation is 1. The topological polar surface area (TPSA) is 110 Å². The maximum Gasteiger partial charge on any atom is 0.307 e. The van der Waals surface area contributed by atoms with Crippen molar-refractivity contribution < 1.29 is 23.6 Å². The number of aromatic nitrogens is 2. The van der Waals surface area contributed by atoms with Gasteiger partial charge in [0.15, 0.2) is 0 Å². The van der Waals surface area contributed by atoms with Gasteiger partial charge in [0.2, 0.25) is 17.6 Å². The fraction of sp³-hybridized carbons (Fsp3) is 0.529. The van der Waals surface area contributed by atoms with Gasteiger partial charge in [-0.15, -0.1) is 0 Å². The molecule has 2 fully saturated rings. The first-order valence-corrected chi connectivity index (χ1v) is 8.43. The lowest BCUT2D eigenvalue weighted by atomic mass is 9.90. The van der Waals surface area contributed by atoms with Gasteiger partial charge in [-0.2, -0.15) is 4.98 Å². The Morgan fingerprint density at radius 3 is 2.80 bits per heavy atom. The molecule has 2 aromatic rings. The van der Waals surface area contributed by atoms with Crippen molar-refractivity contribution in [2.45, 2.75) is 32.1 Å². The number of hydrogen-bond donors (Lipinski definition) is 1. The summed E-state index contributed by atoms with van der Waals surface area (Å²) in [7, 11) is 0. The zero-order valence-electron chi connectivity index (χ0n) is 13.7. The quantitative estimate of drug-likeness (QED) is 0.882. The number of aliphatic carboxylic acids is 1. The van der Waals surface area contributed by atoms with Crippen LogP contribution in [0.25, 0.3) is 11.4 Å². The number of amides is 1. The highest BCUT2D eigenvalue weighted by Gasteiger charge is 2.59. The molecule has 1 atom stereocenters. The minimum atomic E-state index is -0.704. The van der Waals surface area contributed by atoms with E-state index in [0.29, 0.717) is 37.6 Å². The summed E-state index contributed by atoms with van der Waals surface area (Å²) in [5, 5.41) is 13.0. The van der Waals surface area contributed by atoms with Crippen molar-refractivity contribution in [3.8, 4) is 11.4 Å². The van der Waals surface area contributed by atoms with Crippen LogP contribution < -0.4 is 0 Å². The molecule has 1 saturated carbocycles. The van der Waals surface area contributed by atoms with Crippen LogP contribution >= 0.6 is 0 Å². The van der Waals surface area contributed by atoms with Crippen LogP contribution in [0.1, 0.15) is 31.6 Å². The van der Waals surface area contributed by atoms with Crippen molar-refractivity contribution in [3.63, 3.8) is 0 Å². The fourth-order valence-corrected chi connectivity index (χ4v) is 3.69. The maximum absolute atomic E-state index is 12.4. The summed E-state index contributed by atoms with van der Waals surface area (Å²) >= 11 is 0. The van der Waals surface area contributed by atoms with Gasteiger partial charge in [0.1, 0.15) is 6.26 Å². The van der Waals surface area contributed by atoms with Crippen LogP contribution in [0, 0.1) is 11.3 Å². The molecule has 1 spiro atoms.